The fourth-order valence-electron chi connectivity index (χ4n) is 1.60. The van der Waals surface area contributed by atoms with Gasteiger partial charge in [-0.25, -0.2) is 0 Å². The first-order valence-electron chi connectivity index (χ1n) is 6.46. The van der Waals surface area contributed by atoms with E-state index in [0.29, 0.717) is 19.1 Å². The summed E-state index contributed by atoms with van der Waals surface area (Å²) in [5.74, 6) is 1.38. The van der Waals surface area contributed by atoms with Crippen LogP contribution in [0.1, 0.15) is 19.5 Å². The molecule has 1 heterocycles. The minimum Gasteiger partial charge on any atom is -0.491 e. The lowest BCUT2D eigenvalue weighted by atomic mass is 10.2. The molecule has 0 spiro atoms. The Morgan fingerprint density at radius 1 is 1.21 bits per heavy atom. The molecule has 1 N–H and O–H groups in total. The van der Waals surface area contributed by atoms with Crippen LogP contribution in [0.2, 0.25) is 0 Å². The molecule has 0 bridgehead atoms. The van der Waals surface area contributed by atoms with E-state index >= 15 is 0 Å². The highest BCUT2D eigenvalue weighted by Gasteiger charge is 2.04. The normalized spacial score (nSPS) is 10.5. The van der Waals surface area contributed by atoms with Gasteiger partial charge in [0, 0.05) is 12.4 Å². The molecule has 0 atom stereocenters. The maximum absolute atomic E-state index is 5.79. The molecular weight excluding hydrogens is 238 g/mol. The third-order valence-corrected chi connectivity index (χ3v) is 2.54. The second kappa shape index (κ2) is 6.73. The quantitative estimate of drug-likeness (QED) is 0.863. The topological polar surface area (TPSA) is 47.0 Å². The Balaban J connectivity index is 1.99. The molecule has 1 aromatic heterocycles. The summed E-state index contributed by atoms with van der Waals surface area (Å²) in [7, 11) is 0. The van der Waals surface area contributed by atoms with E-state index in [1.165, 1.54) is 0 Å². The molecule has 0 aliphatic rings. The second-order valence-electron chi connectivity index (χ2n) is 4.75. The summed E-state index contributed by atoms with van der Waals surface area (Å²) in [4.78, 5) is 8.28. The Morgan fingerprint density at radius 3 is 2.79 bits per heavy atom. The molecule has 0 fully saturated rings. The van der Waals surface area contributed by atoms with Crippen molar-refractivity contribution in [3.05, 3.63) is 48.5 Å². The maximum atomic E-state index is 5.79. The zero-order valence-electron chi connectivity index (χ0n) is 11.3. The van der Waals surface area contributed by atoms with Crippen molar-refractivity contribution in [2.24, 2.45) is 5.92 Å². The van der Waals surface area contributed by atoms with Crippen LogP contribution >= 0.6 is 0 Å². The lowest BCUT2D eigenvalue weighted by Gasteiger charge is -2.14. The number of ether oxygens (including phenoxy) is 1. The molecule has 0 radical (unpaired) electrons. The predicted molar refractivity (Wildman–Crippen MR) is 76.1 cm³/mol. The molecule has 2 aromatic rings. The molecule has 0 unspecified atom stereocenters. The summed E-state index contributed by atoms with van der Waals surface area (Å²) in [6.45, 7) is 5.62. The average Bonchev–Trinajstić information content (AvgIpc) is 2.45. The number of para-hydroxylation sites is 2. The largest absolute Gasteiger partial charge is 0.491 e. The van der Waals surface area contributed by atoms with Gasteiger partial charge in [0.05, 0.1) is 30.7 Å². The molecule has 0 saturated heterocycles. The van der Waals surface area contributed by atoms with E-state index in [0.717, 1.165) is 17.1 Å². The first-order chi connectivity index (χ1) is 9.25. The zero-order valence-corrected chi connectivity index (χ0v) is 11.3. The first kappa shape index (κ1) is 13.3. The monoisotopic (exact) mass is 257 g/mol. The van der Waals surface area contributed by atoms with Crippen molar-refractivity contribution >= 4 is 5.69 Å². The SMILES string of the molecule is CC(C)COc1ccccc1NCc1cnccn1. The standard InChI is InChI=1S/C15H19N3O/c1-12(2)11-19-15-6-4-3-5-14(15)18-10-13-9-16-7-8-17-13/h3-9,12,18H,10-11H2,1-2H3. The van der Waals surface area contributed by atoms with Gasteiger partial charge in [0.2, 0.25) is 0 Å². The van der Waals surface area contributed by atoms with E-state index in [-0.39, 0.29) is 0 Å². The number of anilines is 1. The highest BCUT2D eigenvalue weighted by molar-refractivity contribution is 5.56. The summed E-state index contributed by atoms with van der Waals surface area (Å²) in [5.41, 5.74) is 1.88. The van der Waals surface area contributed by atoms with Gasteiger partial charge in [0.15, 0.2) is 0 Å². The minimum absolute atomic E-state index is 0.507. The van der Waals surface area contributed by atoms with Gasteiger partial charge in [-0.15, -0.1) is 0 Å². The Bertz CT molecular complexity index is 500. The summed E-state index contributed by atoms with van der Waals surface area (Å²) in [6, 6.07) is 7.94. The van der Waals surface area contributed by atoms with Crippen LogP contribution in [-0.4, -0.2) is 16.6 Å². The van der Waals surface area contributed by atoms with Gasteiger partial charge in [-0.3, -0.25) is 9.97 Å². The lowest BCUT2D eigenvalue weighted by Crippen LogP contribution is -2.08. The molecule has 4 nitrogen and oxygen atoms in total. The van der Waals surface area contributed by atoms with E-state index < -0.39 is 0 Å². The zero-order chi connectivity index (χ0) is 13.5. The number of nitrogens with zero attached hydrogens (tertiary/aromatic N) is 2. The van der Waals surface area contributed by atoms with Crippen molar-refractivity contribution in [3.8, 4) is 5.75 Å². The highest BCUT2D eigenvalue weighted by Crippen LogP contribution is 2.24. The highest BCUT2D eigenvalue weighted by atomic mass is 16.5. The smallest absolute Gasteiger partial charge is 0.142 e. The van der Waals surface area contributed by atoms with Crippen molar-refractivity contribution in [2.75, 3.05) is 11.9 Å². The molecule has 0 saturated carbocycles. The van der Waals surface area contributed by atoms with Gasteiger partial charge >= 0.3 is 0 Å². The van der Waals surface area contributed by atoms with Crippen LogP contribution in [-0.2, 0) is 6.54 Å². The third-order valence-electron chi connectivity index (χ3n) is 2.54. The summed E-state index contributed by atoms with van der Waals surface area (Å²) >= 11 is 0. The van der Waals surface area contributed by atoms with E-state index in [2.05, 4.69) is 29.1 Å². The van der Waals surface area contributed by atoms with E-state index in [1.54, 1.807) is 18.6 Å². The molecule has 100 valence electrons. The summed E-state index contributed by atoms with van der Waals surface area (Å²) < 4.78 is 5.79. The van der Waals surface area contributed by atoms with Crippen molar-refractivity contribution in [2.45, 2.75) is 20.4 Å². The molecule has 4 heteroatoms. The number of hydrogen-bond donors (Lipinski definition) is 1. The molecule has 2 rings (SSSR count). The van der Waals surface area contributed by atoms with Crippen LogP contribution in [0.15, 0.2) is 42.9 Å². The number of nitrogens with one attached hydrogen (secondary N) is 1. The van der Waals surface area contributed by atoms with Crippen LogP contribution in [0.4, 0.5) is 5.69 Å². The van der Waals surface area contributed by atoms with Gasteiger partial charge in [0.25, 0.3) is 0 Å². The number of aromatic nitrogens is 2. The molecule has 0 aliphatic carbocycles. The molecule has 0 aliphatic heterocycles. The van der Waals surface area contributed by atoms with Crippen LogP contribution in [0, 0.1) is 5.92 Å². The van der Waals surface area contributed by atoms with Gasteiger partial charge in [0.1, 0.15) is 5.75 Å². The first-order valence-corrected chi connectivity index (χ1v) is 6.46. The summed E-state index contributed by atoms with van der Waals surface area (Å²) in [5, 5.41) is 3.33. The van der Waals surface area contributed by atoms with E-state index in [1.807, 2.05) is 24.3 Å². The van der Waals surface area contributed by atoms with Crippen LogP contribution in [0.3, 0.4) is 0 Å². The van der Waals surface area contributed by atoms with Crippen LogP contribution < -0.4 is 10.1 Å². The Hall–Kier alpha value is -2.10. The number of benzene rings is 1. The molecule has 19 heavy (non-hydrogen) atoms. The summed E-state index contributed by atoms with van der Waals surface area (Å²) in [6.07, 6.45) is 5.12. The van der Waals surface area contributed by atoms with Crippen molar-refractivity contribution in [3.63, 3.8) is 0 Å². The Morgan fingerprint density at radius 2 is 2.05 bits per heavy atom. The number of hydrogen-bond acceptors (Lipinski definition) is 4. The number of rotatable bonds is 6. The molecule has 1 aromatic carbocycles. The van der Waals surface area contributed by atoms with Crippen LogP contribution in [0.5, 0.6) is 5.75 Å². The van der Waals surface area contributed by atoms with E-state index in [4.69, 9.17) is 4.74 Å². The Labute approximate surface area is 113 Å². The van der Waals surface area contributed by atoms with Gasteiger partial charge in [-0.1, -0.05) is 26.0 Å². The van der Waals surface area contributed by atoms with Gasteiger partial charge < -0.3 is 10.1 Å². The molecular formula is C15H19N3O. The predicted octanol–water partition coefficient (Wildman–Crippen LogP) is 3.12. The fourth-order valence-corrected chi connectivity index (χ4v) is 1.60. The van der Waals surface area contributed by atoms with Crippen molar-refractivity contribution < 1.29 is 4.74 Å². The van der Waals surface area contributed by atoms with E-state index in [9.17, 15) is 0 Å². The van der Waals surface area contributed by atoms with Crippen molar-refractivity contribution in [1.29, 1.82) is 0 Å². The minimum atomic E-state index is 0.507. The fraction of sp³-hybridized carbons (Fsp3) is 0.333. The third kappa shape index (κ3) is 4.25. The lowest BCUT2D eigenvalue weighted by molar-refractivity contribution is 0.272. The Kier molecular flexibility index (Phi) is 4.72. The van der Waals surface area contributed by atoms with Crippen LogP contribution in [0.25, 0.3) is 0 Å². The van der Waals surface area contributed by atoms with Gasteiger partial charge in [-0.05, 0) is 18.1 Å². The van der Waals surface area contributed by atoms with Gasteiger partial charge in [-0.2, -0.15) is 0 Å². The molecule has 0 amide bonds. The maximum Gasteiger partial charge on any atom is 0.142 e. The van der Waals surface area contributed by atoms with Crippen molar-refractivity contribution in [1.82, 2.24) is 9.97 Å². The average molecular weight is 257 g/mol. The second-order valence-corrected chi connectivity index (χ2v) is 4.75.